The van der Waals surface area contributed by atoms with Crippen LogP contribution in [0.15, 0.2) is 18.2 Å². The van der Waals surface area contributed by atoms with Gasteiger partial charge in [-0.25, -0.2) is 0 Å². The van der Waals surface area contributed by atoms with E-state index >= 15 is 0 Å². The molecule has 1 aromatic carbocycles. The number of hydrogen-bond acceptors (Lipinski definition) is 2. The third kappa shape index (κ3) is 5.23. The molecule has 0 aliphatic carbocycles. The van der Waals surface area contributed by atoms with Crippen molar-refractivity contribution < 1.29 is 4.74 Å². The Hall–Kier alpha value is -1.02. The van der Waals surface area contributed by atoms with Crippen molar-refractivity contribution in [1.29, 1.82) is 0 Å². The molecule has 0 aliphatic heterocycles. The Morgan fingerprint density at radius 3 is 2.53 bits per heavy atom. The molecule has 0 fully saturated rings. The molecule has 0 aliphatic rings. The van der Waals surface area contributed by atoms with Gasteiger partial charge in [-0.2, -0.15) is 0 Å². The van der Waals surface area contributed by atoms with Gasteiger partial charge in [-0.1, -0.05) is 39.8 Å². The normalized spacial score (nSPS) is 12.7. The van der Waals surface area contributed by atoms with E-state index in [9.17, 15) is 0 Å². The molecule has 2 heteroatoms. The molecule has 0 saturated carbocycles. The average Bonchev–Trinajstić information content (AvgIpc) is 2.40. The molecular weight excluding hydrogens is 234 g/mol. The van der Waals surface area contributed by atoms with Crippen molar-refractivity contribution in [3.8, 4) is 5.75 Å². The summed E-state index contributed by atoms with van der Waals surface area (Å²) in [6, 6.07) is 6.99. The predicted octanol–water partition coefficient (Wildman–Crippen LogP) is 4.28. The molecule has 1 aromatic rings. The van der Waals surface area contributed by atoms with E-state index in [1.807, 2.05) is 0 Å². The van der Waals surface area contributed by atoms with Gasteiger partial charge in [0.2, 0.25) is 0 Å². The van der Waals surface area contributed by atoms with E-state index in [1.54, 1.807) is 0 Å². The van der Waals surface area contributed by atoms with E-state index in [-0.39, 0.29) is 0 Å². The van der Waals surface area contributed by atoms with Gasteiger partial charge in [0, 0.05) is 6.04 Å². The van der Waals surface area contributed by atoms with Crippen LogP contribution in [0, 0.1) is 6.92 Å². The van der Waals surface area contributed by atoms with Crippen LogP contribution in [-0.4, -0.2) is 19.2 Å². The van der Waals surface area contributed by atoms with Gasteiger partial charge in [0.05, 0.1) is 0 Å². The quantitative estimate of drug-likeness (QED) is 0.756. The molecule has 0 bridgehead atoms. The van der Waals surface area contributed by atoms with Crippen molar-refractivity contribution >= 4 is 0 Å². The first-order valence-corrected chi connectivity index (χ1v) is 7.55. The van der Waals surface area contributed by atoms with Crippen molar-refractivity contribution in [3.63, 3.8) is 0 Å². The summed E-state index contributed by atoms with van der Waals surface area (Å²) < 4.78 is 6.02. The number of benzene rings is 1. The summed E-state index contributed by atoms with van der Waals surface area (Å²) in [4.78, 5) is 0. The van der Waals surface area contributed by atoms with Crippen molar-refractivity contribution in [3.05, 3.63) is 29.3 Å². The minimum absolute atomic E-state index is 0.446. The second kappa shape index (κ2) is 8.21. The van der Waals surface area contributed by atoms with Crippen LogP contribution in [0.5, 0.6) is 5.75 Å². The lowest BCUT2D eigenvalue weighted by Crippen LogP contribution is -2.34. The number of nitrogens with one attached hydrogen (secondary N) is 1. The molecule has 0 amide bonds. The highest BCUT2D eigenvalue weighted by molar-refractivity contribution is 5.37. The van der Waals surface area contributed by atoms with Crippen LogP contribution >= 0.6 is 0 Å². The molecule has 0 radical (unpaired) electrons. The van der Waals surface area contributed by atoms with Crippen LogP contribution in [0.25, 0.3) is 0 Å². The smallest absolute Gasteiger partial charge is 0.122 e. The van der Waals surface area contributed by atoms with Gasteiger partial charge in [-0.15, -0.1) is 0 Å². The van der Waals surface area contributed by atoms with Gasteiger partial charge in [0.1, 0.15) is 12.4 Å². The molecule has 0 saturated heterocycles. The standard InChI is InChI=1S/C17H29NO/c1-6-10-18-16(7-2)12-19-17-11-15(13(3)4)9-8-14(17)5/h8-9,11,13,16,18H,6-7,10,12H2,1-5H3. The average molecular weight is 263 g/mol. The minimum atomic E-state index is 0.446. The summed E-state index contributed by atoms with van der Waals surface area (Å²) in [5.41, 5.74) is 2.56. The molecule has 0 aromatic heterocycles. The Balaban J connectivity index is 2.62. The second-order valence-electron chi connectivity index (χ2n) is 5.55. The van der Waals surface area contributed by atoms with E-state index in [1.165, 1.54) is 17.5 Å². The number of rotatable bonds is 8. The maximum Gasteiger partial charge on any atom is 0.122 e. The number of aryl methyl sites for hydroxylation is 1. The highest BCUT2D eigenvalue weighted by atomic mass is 16.5. The summed E-state index contributed by atoms with van der Waals surface area (Å²) in [5, 5.41) is 3.52. The van der Waals surface area contributed by atoms with Crippen molar-refractivity contribution in [1.82, 2.24) is 5.32 Å². The lowest BCUT2D eigenvalue weighted by molar-refractivity contribution is 0.259. The van der Waals surface area contributed by atoms with Gasteiger partial charge in [0.15, 0.2) is 0 Å². The van der Waals surface area contributed by atoms with Gasteiger partial charge >= 0.3 is 0 Å². The zero-order chi connectivity index (χ0) is 14.3. The Kier molecular flexibility index (Phi) is 6.93. The first kappa shape index (κ1) is 16.0. The predicted molar refractivity (Wildman–Crippen MR) is 83.1 cm³/mol. The Bertz CT molecular complexity index is 374. The molecule has 1 atom stereocenters. The highest BCUT2D eigenvalue weighted by Crippen LogP contribution is 2.24. The molecule has 1 N–H and O–H groups in total. The Morgan fingerprint density at radius 2 is 1.95 bits per heavy atom. The zero-order valence-electron chi connectivity index (χ0n) is 13.1. The Labute approximate surface area is 118 Å². The lowest BCUT2D eigenvalue weighted by Gasteiger charge is -2.19. The van der Waals surface area contributed by atoms with Crippen molar-refractivity contribution in [2.45, 2.75) is 59.4 Å². The summed E-state index contributed by atoms with van der Waals surface area (Å²) in [7, 11) is 0. The molecule has 1 rings (SSSR count). The first-order valence-electron chi connectivity index (χ1n) is 7.55. The topological polar surface area (TPSA) is 21.3 Å². The monoisotopic (exact) mass is 263 g/mol. The summed E-state index contributed by atoms with van der Waals surface area (Å²) in [6.45, 7) is 12.7. The molecule has 1 unspecified atom stereocenters. The van der Waals surface area contributed by atoms with E-state index < -0.39 is 0 Å². The van der Waals surface area contributed by atoms with Crippen molar-refractivity contribution in [2.24, 2.45) is 0 Å². The number of hydrogen-bond donors (Lipinski definition) is 1. The van der Waals surface area contributed by atoms with Gasteiger partial charge in [-0.05, 0) is 49.4 Å². The summed E-state index contributed by atoms with van der Waals surface area (Å²) >= 11 is 0. The van der Waals surface area contributed by atoms with Crippen LogP contribution < -0.4 is 10.1 Å². The van der Waals surface area contributed by atoms with Crippen LogP contribution in [0.3, 0.4) is 0 Å². The molecule has 0 heterocycles. The van der Waals surface area contributed by atoms with Crippen LogP contribution in [0.4, 0.5) is 0 Å². The molecule has 0 spiro atoms. The van der Waals surface area contributed by atoms with Gasteiger partial charge in [-0.3, -0.25) is 0 Å². The van der Waals surface area contributed by atoms with E-state index in [0.29, 0.717) is 12.0 Å². The van der Waals surface area contributed by atoms with Crippen molar-refractivity contribution in [2.75, 3.05) is 13.2 Å². The van der Waals surface area contributed by atoms with E-state index in [0.717, 1.165) is 25.3 Å². The van der Waals surface area contributed by atoms with E-state index in [4.69, 9.17) is 4.74 Å². The molecule has 19 heavy (non-hydrogen) atoms. The molecular formula is C17H29NO. The van der Waals surface area contributed by atoms with Crippen LogP contribution in [0.1, 0.15) is 57.6 Å². The number of ether oxygens (including phenoxy) is 1. The summed E-state index contributed by atoms with van der Waals surface area (Å²) in [6.07, 6.45) is 2.27. The highest BCUT2D eigenvalue weighted by Gasteiger charge is 2.09. The Morgan fingerprint density at radius 1 is 1.21 bits per heavy atom. The fourth-order valence-corrected chi connectivity index (χ4v) is 1.99. The van der Waals surface area contributed by atoms with Gasteiger partial charge in [0.25, 0.3) is 0 Å². The minimum Gasteiger partial charge on any atom is -0.492 e. The molecule has 108 valence electrons. The van der Waals surface area contributed by atoms with E-state index in [2.05, 4.69) is 58.1 Å². The largest absolute Gasteiger partial charge is 0.492 e. The third-order valence-corrected chi connectivity index (χ3v) is 3.49. The van der Waals surface area contributed by atoms with Crippen LogP contribution in [-0.2, 0) is 0 Å². The van der Waals surface area contributed by atoms with Crippen LogP contribution in [0.2, 0.25) is 0 Å². The fraction of sp³-hybridized carbons (Fsp3) is 0.647. The fourth-order valence-electron chi connectivity index (χ4n) is 1.99. The zero-order valence-corrected chi connectivity index (χ0v) is 13.1. The maximum absolute atomic E-state index is 6.02. The summed E-state index contributed by atoms with van der Waals surface area (Å²) in [5.74, 6) is 1.58. The lowest BCUT2D eigenvalue weighted by atomic mass is 10.0. The maximum atomic E-state index is 6.02. The SMILES string of the molecule is CCCNC(CC)COc1cc(C(C)C)ccc1C. The molecule has 2 nitrogen and oxygen atoms in total. The van der Waals surface area contributed by atoms with Gasteiger partial charge < -0.3 is 10.1 Å². The third-order valence-electron chi connectivity index (χ3n) is 3.49. The second-order valence-corrected chi connectivity index (χ2v) is 5.55. The first-order chi connectivity index (χ1) is 9.08.